The lowest BCUT2D eigenvalue weighted by Crippen LogP contribution is -2.22. The van der Waals surface area contributed by atoms with Crippen LogP contribution in [0.4, 0.5) is 0 Å². The van der Waals surface area contributed by atoms with Gasteiger partial charge < -0.3 is 4.84 Å². The van der Waals surface area contributed by atoms with Crippen LogP contribution in [-0.2, 0) is 0 Å². The summed E-state index contributed by atoms with van der Waals surface area (Å²) < 4.78 is 1.28. The predicted molar refractivity (Wildman–Crippen MR) is 37.8 cm³/mol. The van der Waals surface area contributed by atoms with E-state index in [1.807, 2.05) is 0 Å². The van der Waals surface area contributed by atoms with Crippen molar-refractivity contribution in [1.82, 2.24) is 4.73 Å². The zero-order chi connectivity index (χ0) is 7.56. The van der Waals surface area contributed by atoms with E-state index in [-0.39, 0.29) is 5.49 Å². The normalized spacial score (nSPS) is 9.40. The maximum absolute atomic E-state index is 7.25. The monoisotopic (exact) mass is 158 g/mol. The molecular weight excluding hydrogens is 152 g/mol. The first-order chi connectivity index (χ1) is 4.74. The van der Waals surface area contributed by atoms with Gasteiger partial charge in [-0.3, -0.25) is 5.41 Å². The van der Waals surface area contributed by atoms with E-state index in [4.69, 9.17) is 21.8 Å². The van der Waals surface area contributed by atoms with Gasteiger partial charge in [0.15, 0.2) is 5.49 Å². The Morgan fingerprint density at radius 3 is 2.80 bits per heavy atom. The van der Waals surface area contributed by atoms with Crippen molar-refractivity contribution >= 4 is 11.6 Å². The van der Waals surface area contributed by atoms with Gasteiger partial charge >= 0.3 is 0 Å². The number of hydrogen-bond donors (Lipinski definition) is 1. The second kappa shape index (κ2) is 2.75. The first kappa shape index (κ1) is 7.15. The van der Waals surface area contributed by atoms with Crippen molar-refractivity contribution in [3.8, 4) is 0 Å². The Morgan fingerprint density at radius 2 is 2.30 bits per heavy atom. The summed E-state index contributed by atoms with van der Waals surface area (Å²) in [6, 6.07) is 3.20. The van der Waals surface area contributed by atoms with Crippen molar-refractivity contribution in [1.29, 1.82) is 5.41 Å². The van der Waals surface area contributed by atoms with Gasteiger partial charge in [0.2, 0.25) is 0 Å². The quantitative estimate of drug-likeness (QED) is 0.642. The first-order valence-electron chi connectivity index (χ1n) is 2.71. The summed E-state index contributed by atoms with van der Waals surface area (Å²) in [5.74, 6) is 0. The fourth-order valence-corrected chi connectivity index (χ4v) is 0.759. The SMILES string of the molecule is COn1cc(Cl)ccc1=N. The van der Waals surface area contributed by atoms with E-state index in [2.05, 4.69) is 0 Å². The minimum Gasteiger partial charge on any atom is -0.416 e. The fraction of sp³-hybridized carbons (Fsp3) is 0.167. The molecule has 10 heavy (non-hydrogen) atoms. The maximum Gasteiger partial charge on any atom is 0.160 e. The molecule has 1 heterocycles. The lowest BCUT2D eigenvalue weighted by Gasteiger charge is -2.02. The topological polar surface area (TPSA) is 38.0 Å². The summed E-state index contributed by atoms with van der Waals surface area (Å²) in [4.78, 5) is 4.77. The number of nitrogens with one attached hydrogen (secondary N) is 1. The summed E-state index contributed by atoms with van der Waals surface area (Å²) in [6.07, 6.45) is 1.53. The molecule has 54 valence electrons. The molecule has 0 saturated carbocycles. The summed E-state index contributed by atoms with van der Waals surface area (Å²) in [7, 11) is 1.48. The van der Waals surface area contributed by atoms with Crippen LogP contribution < -0.4 is 10.3 Å². The molecule has 0 bridgehead atoms. The number of halogens is 1. The molecule has 0 atom stereocenters. The molecule has 0 fully saturated rings. The maximum atomic E-state index is 7.25. The van der Waals surface area contributed by atoms with E-state index in [9.17, 15) is 0 Å². The molecule has 0 unspecified atom stereocenters. The van der Waals surface area contributed by atoms with Crippen LogP contribution in [0.5, 0.6) is 0 Å². The molecule has 1 aromatic rings. The lowest BCUT2D eigenvalue weighted by atomic mass is 10.5. The number of rotatable bonds is 1. The molecule has 0 spiro atoms. The van der Waals surface area contributed by atoms with E-state index in [1.165, 1.54) is 18.0 Å². The van der Waals surface area contributed by atoms with Crippen LogP contribution in [0.3, 0.4) is 0 Å². The van der Waals surface area contributed by atoms with Gasteiger partial charge in [0.25, 0.3) is 0 Å². The molecule has 0 radical (unpaired) electrons. The highest BCUT2D eigenvalue weighted by molar-refractivity contribution is 6.30. The summed E-state index contributed by atoms with van der Waals surface area (Å²) in [5.41, 5.74) is 0.270. The van der Waals surface area contributed by atoms with Gasteiger partial charge in [-0.05, 0) is 12.1 Å². The second-order valence-corrected chi connectivity index (χ2v) is 2.18. The van der Waals surface area contributed by atoms with Gasteiger partial charge in [0, 0.05) is 0 Å². The van der Waals surface area contributed by atoms with Gasteiger partial charge in [-0.25, -0.2) is 0 Å². The Morgan fingerprint density at radius 1 is 1.60 bits per heavy atom. The minimum absolute atomic E-state index is 0.270. The van der Waals surface area contributed by atoms with Crippen molar-refractivity contribution < 1.29 is 4.84 Å². The van der Waals surface area contributed by atoms with Gasteiger partial charge in [0.05, 0.1) is 11.2 Å². The number of pyridine rings is 1. The zero-order valence-electron chi connectivity index (χ0n) is 5.47. The van der Waals surface area contributed by atoms with Crippen LogP contribution in [0.15, 0.2) is 18.3 Å². The molecule has 0 saturated heterocycles. The molecule has 0 amide bonds. The zero-order valence-corrected chi connectivity index (χ0v) is 6.22. The molecule has 1 N–H and O–H groups in total. The predicted octanol–water partition coefficient (Wildman–Crippen LogP) is 0.679. The van der Waals surface area contributed by atoms with Crippen molar-refractivity contribution in [2.24, 2.45) is 0 Å². The van der Waals surface area contributed by atoms with Crippen LogP contribution in [0.2, 0.25) is 5.02 Å². The van der Waals surface area contributed by atoms with E-state index >= 15 is 0 Å². The minimum atomic E-state index is 0.270. The standard InChI is InChI=1S/C6H7ClN2O/c1-10-9-4-5(7)2-3-6(9)8/h2-4,8H,1H3. The summed E-state index contributed by atoms with van der Waals surface area (Å²) in [6.45, 7) is 0. The molecule has 0 aromatic carbocycles. The molecule has 0 aliphatic heterocycles. The molecule has 1 aromatic heterocycles. The van der Waals surface area contributed by atoms with Crippen molar-refractivity contribution in [3.05, 3.63) is 28.8 Å². The van der Waals surface area contributed by atoms with Gasteiger partial charge in [0.1, 0.15) is 7.11 Å². The third kappa shape index (κ3) is 1.30. The Bertz CT molecular complexity index is 281. The van der Waals surface area contributed by atoms with Crippen molar-refractivity contribution in [3.63, 3.8) is 0 Å². The highest BCUT2D eigenvalue weighted by Crippen LogP contribution is 2.01. The Balaban J connectivity index is 3.22. The molecule has 4 heteroatoms. The molecule has 1 rings (SSSR count). The molecule has 0 aliphatic rings. The molecule has 0 aliphatic carbocycles. The van der Waals surface area contributed by atoms with Gasteiger partial charge in [-0.15, -0.1) is 0 Å². The van der Waals surface area contributed by atoms with Crippen LogP contribution >= 0.6 is 11.6 Å². The van der Waals surface area contributed by atoms with Crippen molar-refractivity contribution in [2.75, 3.05) is 7.11 Å². The van der Waals surface area contributed by atoms with Crippen LogP contribution in [-0.4, -0.2) is 11.8 Å². The molecular formula is C6H7ClN2O. The average Bonchev–Trinajstić information content (AvgIpc) is 1.94. The third-order valence-corrected chi connectivity index (χ3v) is 1.30. The molecule has 3 nitrogen and oxygen atoms in total. The third-order valence-electron chi connectivity index (χ3n) is 1.08. The van der Waals surface area contributed by atoms with E-state index in [0.29, 0.717) is 5.02 Å². The van der Waals surface area contributed by atoms with Crippen LogP contribution in [0, 0.1) is 5.41 Å². The first-order valence-corrected chi connectivity index (χ1v) is 3.09. The fourth-order valence-electron chi connectivity index (χ4n) is 0.608. The second-order valence-electron chi connectivity index (χ2n) is 1.74. The number of nitrogens with zero attached hydrogens (tertiary/aromatic N) is 1. The smallest absolute Gasteiger partial charge is 0.160 e. The number of aromatic nitrogens is 1. The van der Waals surface area contributed by atoms with Crippen molar-refractivity contribution in [2.45, 2.75) is 0 Å². The van der Waals surface area contributed by atoms with Crippen LogP contribution in [0.1, 0.15) is 0 Å². The van der Waals surface area contributed by atoms with Gasteiger partial charge in [-0.2, -0.15) is 4.73 Å². The Kier molecular flexibility index (Phi) is 1.97. The number of hydrogen-bond acceptors (Lipinski definition) is 2. The lowest BCUT2D eigenvalue weighted by molar-refractivity contribution is 0.153. The van der Waals surface area contributed by atoms with Crippen LogP contribution in [0.25, 0.3) is 0 Å². The highest BCUT2D eigenvalue weighted by Gasteiger charge is 1.90. The van der Waals surface area contributed by atoms with E-state index in [1.54, 1.807) is 12.1 Å². The largest absolute Gasteiger partial charge is 0.416 e. The highest BCUT2D eigenvalue weighted by atomic mass is 35.5. The van der Waals surface area contributed by atoms with E-state index in [0.717, 1.165) is 0 Å². The Hall–Kier alpha value is -0.960. The Labute approximate surface area is 63.3 Å². The summed E-state index contributed by atoms with van der Waals surface area (Å²) in [5, 5.41) is 7.80. The summed E-state index contributed by atoms with van der Waals surface area (Å²) >= 11 is 5.61. The van der Waals surface area contributed by atoms with E-state index < -0.39 is 0 Å². The average molecular weight is 159 g/mol. The van der Waals surface area contributed by atoms with Gasteiger partial charge in [-0.1, -0.05) is 11.6 Å².